The van der Waals surface area contributed by atoms with Crippen molar-refractivity contribution in [3.05, 3.63) is 23.7 Å². The van der Waals surface area contributed by atoms with Crippen LogP contribution in [0.5, 0.6) is 0 Å². The SMILES string of the molecule is Cc1occc1CN(C)C(=O)[C@@H]1CCCC[C@@H]1C(=O)O. The second kappa shape index (κ2) is 6.11. The van der Waals surface area contributed by atoms with Gasteiger partial charge in [-0.2, -0.15) is 0 Å². The van der Waals surface area contributed by atoms with Crippen LogP contribution in [-0.2, 0) is 16.1 Å². The first-order valence-corrected chi connectivity index (χ1v) is 7.01. The summed E-state index contributed by atoms with van der Waals surface area (Å²) in [4.78, 5) is 25.4. The summed E-state index contributed by atoms with van der Waals surface area (Å²) >= 11 is 0. The number of nitrogens with zero attached hydrogens (tertiary/aromatic N) is 1. The van der Waals surface area contributed by atoms with Crippen LogP contribution in [0.15, 0.2) is 16.7 Å². The van der Waals surface area contributed by atoms with Gasteiger partial charge in [0.25, 0.3) is 0 Å². The van der Waals surface area contributed by atoms with Crippen LogP contribution in [0.25, 0.3) is 0 Å². The van der Waals surface area contributed by atoms with E-state index in [2.05, 4.69) is 0 Å². The summed E-state index contributed by atoms with van der Waals surface area (Å²) in [6.07, 6.45) is 4.70. The van der Waals surface area contributed by atoms with Crippen LogP contribution in [0.1, 0.15) is 37.0 Å². The molecule has 1 aromatic rings. The fourth-order valence-corrected chi connectivity index (χ4v) is 2.91. The number of aryl methyl sites for hydroxylation is 1. The smallest absolute Gasteiger partial charge is 0.307 e. The molecule has 1 aliphatic rings. The van der Waals surface area contributed by atoms with Gasteiger partial charge in [-0.15, -0.1) is 0 Å². The lowest BCUT2D eigenvalue weighted by Gasteiger charge is -2.31. The highest BCUT2D eigenvalue weighted by molar-refractivity contribution is 5.84. The molecule has 1 N–H and O–H groups in total. The lowest BCUT2D eigenvalue weighted by Crippen LogP contribution is -2.40. The van der Waals surface area contributed by atoms with E-state index in [0.717, 1.165) is 24.2 Å². The Morgan fingerprint density at radius 2 is 2.00 bits per heavy atom. The van der Waals surface area contributed by atoms with Gasteiger partial charge in [0.1, 0.15) is 5.76 Å². The molecule has 0 saturated heterocycles. The summed E-state index contributed by atoms with van der Waals surface area (Å²) in [6, 6.07) is 1.84. The number of carboxylic acids is 1. The first kappa shape index (κ1) is 14.6. The summed E-state index contributed by atoms with van der Waals surface area (Å²) in [5.74, 6) is -1.06. The molecule has 2 rings (SSSR count). The molecule has 0 aromatic carbocycles. The van der Waals surface area contributed by atoms with Gasteiger partial charge in [-0.05, 0) is 25.8 Å². The Morgan fingerprint density at radius 3 is 2.55 bits per heavy atom. The zero-order valence-corrected chi connectivity index (χ0v) is 12.0. The van der Waals surface area contributed by atoms with E-state index in [1.165, 1.54) is 0 Å². The molecule has 5 heteroatoms. The predicted molar refractivity (Wildman–Crippen MR) is 73.0 cm³/mol. The Labute approximate surface area is 118 Å². The van der Waals surface area contributed by atoms with E-state index in [0.29, 0.717) is 19.4 Å². The Balaban J connectivity index is 2.05. The molecule has 0 bridgehead atoms. The molecule has 20 heavy (non-hydrogen) atoms. The molecule has 1 saturated carbocycles. The first-order chi connectivity index (χ1) is 9.50. The van der Waals surface area contributed by atoms with Gasteiger partial charge in [0.15, 0.2) is 0 Å². The van der Waals surface area contributed by atoms with Gasteiger partial charge in [0, 0.05) is 19.2 Å². The fourth-order valence-electron chi connectivity index (χ4n) is 2.91. The molecular weight excluding hydrogens is 258 g/mol. The minimum atomic E-state index is -0.851. The highest BCUT2D eigenvalue weighted by Gasteiger charge is 2.37. The molecule has 0 aliphatic heterocycles. The number of carbonyl (C=O) groups is 2. The van der Waals surface area contributed by atoms with Gasteiger partial charge < -0.3 is 14.4 Å². The minimum absolute atomic E-state index is 0.0716. The Hall–Kier alpha value is -1.78. The van der Waals surface area contributed by atoms with E-state index in [9.17, 15) is 14.7 Å². The summed E-state index contributed by atoms with van der Waals surface area (Å²) in [5, 5.41) is 9.25. The second-order valence-electron chi connectivity index (χ2n) is 5.53. The first-order valence-electron chi connectivity index (χ1n) is 7.01. The summed E-state index contributed by atoms with van der Waals surface area (Å²) < 4.78 is 5.22. The van der Waals surface area contributed by atoms with Gasteiger partial charge in [0.2, 0.25) is 5.91 Å². The van der Waals surface area contributed by atoms with Crippen LogP contribution in [-0.4, -0.2) is 28.9 Å². The molecule has 0 unspecified atom stereocenters. The highest BCUT2D eigenvalue weighted by Crippen LogP contribution is 2.32. The maximum Gasteiger partial charge on any atom is 0.307 e. The number of hydrogen-bond acceptors (Lipinski definition) is 3. The van der Waals surface area contributed by atoms with E-state index in [4.69, 9.17) is 4.42 Å². The van der Waals surface area contributed by atoms with Crippen molar-refractivity contribution in [2.24, 2.45) is 11.8 Å². The van der Waals surface area contributed by atoms with Gasteiger partial charge in [0.05, 0.1) is 18.1 Å². The van der Waals surface area contributed by atoms with Crippen molar-refractivity contribution in [1.82, 2.24) is 4.90 Å². The zero-order chi connectivity index (χ0) is 14.7. The standard InChI is InChI=1S/C15H21NO4/c1-10-11(7-8-20-10)9-16(2)14(17)12-5-3-4-6-13(12)15(18)19/h7-8,12-13H,3-6,9H2,1-2H3,(H,18,19)/t12-,13+/m1/s1. The molecule has 0 spiro atoms. The molecule has 1 amide bonds. The molecule has 5 nitrogen and oxygen atoms in total. The average Bonchev–Trinajstić information content (AvgIpc) is 2.83. The van der Waals surface area contributed by atoms with Crippen LogP contribution in [0.3, 0.4) is 0 Å². The summed E-state index contributed by atoms with van der Waals surface area (Å²) in [6.45, 7) is 2.32. The van der Waals surface area contributed by atoms with Crippen LogP contribution in [0, 0.1) is 18.8 Å². The highest BCUT2D eigenvalue weighted by atomic mass is 16.4. The maximum absolute atomic E-state index is 12.5. The molecule has 2 atom stereocenters. The van der Waals surface area contributed by atoms with Crippen molar-refractivity contribution in [2.45, 2.75) is 39.2 Å². The number of aliphatic carboxylic acids is 1. The minimum Gasteiger partial charge on any atom is -0.481 e. The molecule has 1 heterocycles. The Kier molecular flexibility index (Phi) is 4.47. The maximum atomic E-state index is 12.5. The van der Waals surface area contributed by atoms with E-state index in [1.54, 1.807) is 18.2 Å². The molecular formula is C15H21NO4. The van der Waals surface area contributed by atoms with Gasteiger partial charge in [-0.1, -0.05) is 12.8 Å². The molecule has 110 valence electrons. The number of carbonyl (C=O) groups excluding carboxylic acids is 1. The van der Waals surface area contributed by atoms with Crippen molar-refractivity contribution in [3.63, 3.8) is 0 Å². The normalized spacial score (nSPS) is 22.5. The molecule has 1 fully saturated rings. The van der Waals surface area contributed by atoms with Gasteiger partial charge >= 0.3 is 5.97 Å². The average molecular weight is 279 g/mol. The van der Waals surface area contributed by atoms with E-state index in [1.807, 2.05) is 13.0 Å². The van der Waals surface area contributed by atoms with E-state index < -0.39 is 17.8 Å². The number of carboxylic acid groups (broad SMARTS) is 1. The van der Waals surface area contributed by atoms with Crippen LogP contribution < -0.4 is 0 Å². The van der Waals surface area contributed by atoms with Crippen molar-refractivity contribution in [2.75, 3.05) is 7.05 Å². The van der Waals surface area contributed by atoms with Crippen LogP contribution in [0.4, 0.5) is 0 Å². The quantitative estimate of drug-likeness (QED) is 0.919. The topological polar surface area (TPSA) is 70.8 Å². The lowest BCUT2D eigenvalue weighted by atomic mass is 9.78. The van der Waals surface area contributed by atoms with Gasteiger partial charge in [-0.25, -0.2) is 0 Å². The number of rotatable bonds is 4. The molecule has 1 aliphatic carbocycles. The molecule has 1 aromatic heterocycles. The van der Waals surface area contributed by atoms with Crippen LogP contribution in [0.2, 0.25) is 0 Å². The van der Waals surface area contributed by atoms with Crippen molar-refractivity contribution < 1.29 is 19.1 Å². The Morgan fingerprint density at radius 1 is 1.35 bits per heavy atom. The van der Waals surface area contributed by atoms with Crippen molar-refractivity contribution in [3.8, 4) is 0 Å². The Bertz CT molecular complexity index is 494. The van der Waals surface area contributed by atoms with E-state index in [-0.39, 0.29) is 5.91 Å². The fraction of sp³-hybridized carbons (Fsp3) is 0.600. The van der Waals surface area contributed by atoms with Crippen molar-refractivity contribution >= 4 is 11.9 Å². The third-order valence-electron chi connectivity index (χ3n) is 4.15. The second-order valence-corrected chi connectivity index (χ2v) is 5.53. The van der Waals surface area contributed by atoms with E-state index >= 15 is 0 Å². The lowest BCUT2D eigenvalue weighted by molar-refractivity contribution is -0.152. The molecule has 0 radical (unpaired) electrons. The predicted octanol–water partition coefficient (Wildman–Crippen LogP) is 2.44. The largest absolute Gasteiger partial charge is 0.481 e. The summed E-state index contributed by atoms with van der Waals surface area (Å²) in [5.41, 5.74) is 0.962. The third kappa shape index (κ3) is 3.03. The monoisotopic (exact) mass is 279 g/mol. The van der Waals surface area contributed by atoms with Crippen molar-refractivity contribution in [1.29, 1.82) is 0 Å². The van der Waals surface area contributed by atoms with Gasteiger partial charge in [-0.3, -0.25) is 9.59 Å². The third-order valence-corrected chi connectivity index (χ3v) is 4.15. The summed E-state index contributed by atoms with van der Waals surface area (Å²) in [7, 11) is 1.72. The number of hydrogen-bond donors (Lipinski definition) is 1. The number of amides is 1. The number of furan rings is 1. The van der Waals surface area contributed by atoms with Crippen LogP contribution >= 0.6 is 0 Å². The zero-order valence-electron chi connectivity index (χ0n) is 12.0.